The number of aliphatic imine (C=N–C) groups is 1. The monoisotopic (exact) mass is 328 g/mol. The van der Waals surface area contributed by atoms with Crippen LogP contribution in [0, 0.1) is 0 Å². The molecule has 0 aliphatic carbocycles. The molecule has 1 heterocycles. The summed E-state index contributed by atoms with van der Waals surface area (Å²) in [5.74, 6) is 0.945. The van der Waals surface area contributed by atoms with Crippen molar-refractivity contribution in [2.24, 2.45) is 4.99 Å². The predicted octanol–water partition coefficient (Wildman–Crippen LogP) is 4.53. The first-order valence-electron chi connectivity index (χ1n) is 7.92. The van der Waals surface area contributed by atoms with E-state index in [9.17, 15) is 0 Å². The summed E-state index contributed by atoms with van der Waals surface area (Å²) in [4.78, 5) is 7.17. The van der Waals surface area contributed by atoms with Crippen LogP contribution >= 0.6 is 11.6 Å². The van der Waals surface area contributed by atoms with Crippen LogP contribution in [-0.2, 0) is 4.74 Å². The number of nitrogens with zero attached hydrogens (tertiary/aromatic N) is 2. The maximum atomic E-state index is 6.30. The maximum absolute atomic E-state index is 6.30. The van der Waals surface area contributed by atoms with Gasteiger partial charge in [0.2, 0.25) is 0 Å². The van der Waals surface area contributed by atoms with Crippen LogP contribution < -0.4 is 0 Å². The molecule has 0 bridgehead atoms. The average Bonchev–Trinajstić information content (AvgIpc) is 2.54. The van der Waals surface area contributed by atoms with Crippen molar-refractivity contribution in [1.82, 2.24) is 4.90 Å². The number of morpholine rings is 1. The van der Waals surface area contributed by atoms with Crippen LogP contribution in [-0.4, -0.2) is 36.0 Å². The van der Waals surface area contributed by atoms with Gasteiger partial charge >= 0.3 is 0 Å². The zero-order valence-corrected chi connectivity index (χ0v) is 14.2. The van der Waals surface area contributed by atoms with Gasteiger partial charge in [-0.05, 0) is 26.0 Å². The Balaban J connectivity index is 2.02. The minimum Gasteiger partial charge on any atom is -0.372 e. The van der Waals surface area contributed by atoms with Crippen molar-refractivity contribution in [3.63, 3.8) is 0 Å². The molecule has 0 radical (unpaired) electrons. The third kappa shape index (κ3) is 3.92. The molecule has 0 spiro atoms. The number of hydrogen-bond donors (Lipinski definition) is 0. The SMILES string of the molecule is CC1CN(C(=Nc2ccccc2Cl)c2ccccc2)CC(C)O1. The van der Waals surface area contributed by atoms with Crippen LogP contribution in [0.2, 0.25) is 5.02 Å². The minimum atomic E-state index is 0.180. The van der Waals surface area contributed by atoms with E-state index >= 15 is 0 Å². The lowest BCUT2D eigenvalue weighted by atomic mass is 10.1. The second-order valence-electron chi connectivity index (χ2n) is 5.92. The molecule has 0 aromatic heterocycles. The van der Waals surface area contributed by atoms with E-state index in [2.05, 4.69) is 30.9 Å². The average molecular weight is 329 g/mol. The summed E-state index contributed by atoms with van der Waals surface area (Å²) in [7, 11) is 0. The molecule has 120 valence electrons. The first-order valence-corrected chi connectivity index (χ1v) is 8.30. The summed E-state index contributed by atoms with van der Waals surface area (Å²) in [6.45, 7) is 5.84. The Kier molecular flexibility index (Phi) is 4.99. The van der Waals surface area contributed by atoms with Crippen molar-refractivity contribution in [3.8, 4) is 0 Å². The Morgan fingerprint density at radius 2 is 1.61 bits per heavy atom. The predicted molar refractivity (Wildman–Crippen MR) is 95.7 cm³/mol. The molecule has 23 heavy (non-hydrogen) atoms. The third-order valence-corrected chi connectivity index (χ3v) is 4.15. The van der Waals surface area contributed by atoms with Gasteiger partial charge in [-0.2, -0.15) is 0 Å². The molecule has 0 N–H and O–H groups in total. The van der Waals surface area contributed by atoms with Crippen LogP contribution in [0.4, 0.5) is 5.69 Å². The van der Waals surface area contributed by atoms with Crippen LogP contribution in [0.25, 0.3) is 0 Å². The zero-order chi connectivity index (χ0) is 16.2. The number of rotatable bonds is 2. The molecule has 1 aliphatic rings. The molecule has 0 saturated carbocycles. The molecule has 1 aliphatic heterocycles. The summed E-state index contributed by atoms with van der Waals surface area (Å²) in [6, 6.07) is 17.9. The van der Waals surface area contributed by atoms with E-state index in [0.29, 0.717) is 5.02 Å². The molecular weight excluding hydrogens is 308 g/mol. The van der Waals surface area contributed by atoms with Gasteiger partial charge in [-0.25, -0.2) is 4.99 Å². The molecular formula is C19H21ClN2O. The molecule has 1 fully saturated rings. The maximum Gasteiger partial charge on any atom is 0.136 e. The fourth-order valence-electron chi connectivity index (χ4n) is 2.91. The van der Waals surface area contributed by atoms with E-state index in [0.717, 1.165) is 30.2 Å². The minimum absolute atomic E-state index is 0.180. The van der Waals surface area contributed by atoms with Gasteiger partial charge < -0.3 is 9.64 Å². The van der Waals surface area contributed by atoms with Crippen LogP contribution in [0.15, 0.2) is 59.6 Å². The van der Waals surface area contributed by atoms with Crippen molar-refractivity contribution in [3.05, 3.63) is 65.2 Å². The van der Waals surface area contributed by atoms with Gasteiger partial charge in [0.05, 0.1) is 22.9 Å². The highest BCUT2D eigenvalue weighted by molar-refractivity contribution is 6.33. The van der Waals surface area contributed by atoms with E-state index in [1.807, 2.05) is 42.5 Å². The number of benzene rings is 2. The molecule has 1 saturated heterocycles. The van der Waals surface area contributed by atoms with Gasteiger partial charge in [0.25, 0.3) is 0 Å². The first kappa shape index (κ1) is 16.0. The summed E-state index contributed by atoms with van der Waals surface area (Å²) in [5.41, 5.74) is 1.88. The molecule has 3 nitrogen and oxygen atoms in total. The molecule has 4 heteroatoms. The summed E-state index contributed by atoms with van der Waals surface area (Å²) in [5, 5.41) is 0.662. The molecule has 3 rings (SSSR count). The lowest BCUT2D eigenvalue weighted by Crippen LogP contribution is -2.48. The van der Waals surface area contributed by atoms with Gasteiger partial charge in [-0.15, -0.1) is 0 Å². The summed E-state index contributed by atoms with van der Waals surface area (Å²) >= 11 is 6.30. The zero-order valence-electron chi connectivity index (χ0n) is 13.4. The highest BCUT2D eigenvalue weighted by Crippen LogP contribution is 2.26. The summed E-state index contributed by atoms with van der Waals surface area (Å²) in [6.07, 6.45) is 0.359. The van der Waals surface area contributed by atoms with Gasteiger partial charge in [-0.3, -0.25) is 0 Å². The standard InChI is InChI=1S/C19H21ClN2O/c1-14-12-22(13-15(2)23-14)19(16-8-4-3-5-9-16)21-18-11-7-6-10-17(18)20/h3-11,14-15H,12-13H2,1-2H3. The molecule has 2 atom stereocenters. The number of hydrogen-bond acceptors (Lipinski definition) is 2. The van der Waals surface area contributed by atoms with Crippen molar-refractivity contribution >= 4 is 23.1 Å². The van der Waals surface area contributed by atoms with E-state index < -0.39 is 0 Å². The Labute approximate surface area is 142 Å². The lowest BCUT2D eigenvalue weighted by Gasteiger charge is -2.37. The van der Waals surface area contributed by atoms with Crippen molar-refractivity contribution in [2.75, 3.05) is 13.1 Å². The number of para-hydroxylation sites is 1. The second kappa shape index (κ2) is 7.16. The molecule has 2 aromatic rings. The fourth-order valence-corrected chi connectivity index (χ4v) is 3.09. The Morgan fingerprint density at radius 1 is 1.00 bits per heavy atom. The van der Waals surface area contributed by atoms with E-state index in [1.165, 1.54) is 0 Å². The highest BCUT2D eigenvalue weighted by Gasteiger charge is 2.25. The van der Waals surface area contributed by atoms with E-state index in [-0.39, 0.29) is 12.2 Å². The number of amidine groups is 1. The first-order chi connectivity index (χ1) is 11.1. The molecule has 2 unspecified atom stereocenters. The van der Waals surface area contributed by atoms with Crippen molar-refractivity contribution in [2.45, 2.75) is 26.1 Å². The lowest BCUT2D eigenvalue weighted by molar-refractivity contribution is -0.0478. The molecule has 2 aromatic carbocycles. The smallest absolute Gasteiger partial charge is 0.136 e. The van der Waals surface area contributed by atoms with Crippen LogP contribution in [0.5, 0.6) is 0 Å². The largest absolute Gasteiger partial charge is 0.372 e. The Hall–Kier alpha value is -1.84. The topological polar surface area (TPSA) is 24.8 Å². The number of ether oxygens (including phenoxy) is 1. The van der Waals surface area contributed by atoms with E-state index in [4.69, 9.17) is 21.3 Å². The Bertz CT molecular complexity index is 677. The van der Waals surface area contributed by atoms with E-state index in [1.54, 1.807) is 0 Å². The van der Waals surface area contributed by atoms with Crippen LogP contribution in [0.3, 0.4) is 0 Å². The quantitative estimate of drug-likeness (QED) is 0.597. The Morgan fingerprint density at radius 3 is 2.26 bits per heavy atom. The van der Waals surface area contributed by atoms with Gasteiger partial charge in [0.15, 0.2) is 0 Å². The third-order valence-electron chi connectivity index (χ3n) is 3.83. The highest BCUT2D eigenvalue weighted by atomic mass is 35.5. The fraction of sp³-hybridized carbons (Fsp3) is 0.316. The van der Waals surface area contributed by atoms with Gasteiger partial charge in [0, 0.05) is 18.7 Å². The normalized spacial score (nSPS) is 22.2. The second-order valence-corrected chi connectivity index (χ2v) is 6.32. The van der Waals surface area contributed by atoms with Gasteiger partial charge in [-0.1, -0.05) is 54.1 Å². The van der Waals surface area contributed by atoms with Crippen molar-refractivity contribution < 1.29 is 4.74 Å². The molecule has 0 amide bonds. The summed E-state index contributed by atoms with van der Waals surface area (Å²) < 4.78 is 5.85. The van der Waals surface area contributed by atoms with Gasteiger partial charge in [0.1, 0.15) is 5.84 Å². The van der Waals surface area contributed by atoms with Crippen LogP contribution in [0.1, 0.15) is 19.4 Å². The van der Waals surface area contributed by atoms with Crippen molar-refractivity contribution in [1.29, 1.82) is 0 Å². The number of halogens is 1.